The number of anilines is 1. The molecule has 0 saturated heterocycles. The number of amides is 2. The molecule has 0 radical (unpaired) electrons. The van der Waals surface area contributed by atoms with Gasteiger partial charge >= 0.3 is 0 Å². The molecule has 0 aliphatic heterocycles. The normalized spacial score (nSPS) is 18.6. The average Bonchev–Trinajstić information content (AvgIpc) is 2.53. The number of primary amides is 1. The lowest BCUT2D eigenvalue weighted by Gasteiger charge is -2.18. The highest BCUT2D eigenvalue weighted by molar-refractivity contribution is 7.17. The molecule has 1 aromatic rings. The van der Waals surface area contributed by atoms with E-state index in [9.17, 15) is 9.59 Å². The highest BCUT2D eigenvalue weighted by Gasteiger charge is 2.26. The molecule has 0 fully saturated rings. The van der Waals surface area contributed by atoms with Gasteiger partial charge in [-0.15, -0.1) is 11.3 Å². The van der Waals surface area contributed by atoms with Crippen LogP contribution in [0.5, 0.6) is 0 Å². The van der Waals surface area contributed by atoms with E-state index in [1.54, 1.807) is 0 Å². The predicted octanol–water partition coefficient (Wildman–Crippen LogP) is 1.93. The first-order valence-corrected chi connectivity index (χ1v) is 6.52. The fourth-order valence-corrected chi connectivity index (χ4v) is 3.72. The zero-order valence-corrected chi connectivity index (χ0v) is 10.8. The molecule has 0 saturated carbocycles. The molecule has 17 heavy (non-hydrogen) atoms. The van der Waals surface area contributed by atoms with E-state index in [0.717, 1.165) is 24.8 Å². The molecule has 5 heteroatoms. The number of fused-ring (bicyclic) bond motifs is 1. The van der Waals surface area contributed by atoms with E-state index in [0.29, 0.717) is 16.5 Å². The topological polar surface area (TPSA) is 72.2 Å². The molecule has 2 amide bonds. The number of carbonyl (C=O) groups excluding carboxylic acids is 2. The molecular formula is C12H16N2O2S. The van der Waals surface area contributed by atoms with E-state index in [1.165, 1.54) is 23.1 Å². The van der Waals surface area contributed by atoms with Gasteiger partial charge in [0.15, 0.2) is 0 Å². The van der Waals surface area contributed by atoms with Gasteiger partial charge in [0.1, 0.15) is 5.00 Å². The van der Waals surface area contributed by atoms with Crippen LogP contribution in [0, 0.1) is 5.92 Å². The second-order valence-electron chi connectivity index (χ2n) is 4.60. The molecule has 1 aromatic heterocycles. The Morgan fingerprint density at radius 3 is 2.76 bits per heavy atom. The van der Waals surface area contributed by atoms with Crippen molar-refractivity contribution in [1.82, 2.24) is 0 Å². The van der Waals surface area contributed by atoms with Crippen molar-refractivity contribution in [2.75, 3.05) is 5.32 Å². The van der Waals surface area contributed by atoms with Crippen molar-refractivity contribution < 1.29 is 9.59 Å². The Morgan fingerprint density at radius 1 is 1.47 bits per heavy atom. The standard InChI is InChI=1S/C12H16N2O2S/c1-6-3-4-8-9(5-6)17-12(14-7(2)15)10(8)11(13)16/h6H,3-5H2,1-2H3,(H2,13,16)(H,14,15)/t6-/m1/s1. The minimum absolute atomic E-state index is 0.167. The van der Waals surface area contributed by atoms with Crippen LogP contribution in [-0.2, 0) is 17.6 Å². The van der Waals surface area contributed by atoms with Gasteiger partial charge in [-0.1, -0.05) is 6.92 Å². The third-order valence-corrected chi connectivity index (χ3v) is 4.22. The van der Waals surface area contributed by atoms with Gasteiger partial charge in [0, 0.05) is 11.8 Å². The third-order valence-electron chi connectivity index (χ3n) is 3.05. The Balaban J connectivity index is 2.46. The van der Waals surface area contributed by atoms with Crippen molar-refractivity contribution in [2.45, 2.75) is 33.1 Å². The van der Waals surface area contributed by atoms with Crippen LogP contribution in [0.25, 0.3) is 0 Å². The molecule has 0 bridgehead atoms. The second-order valence-corrected chi connectivity index (χ2v) is 5.71. The van der Waals surface area contributed by atoms with Gasteiger partial charge in [0.05, 0.1) is 5.56 Å². The summed E-state index contributed by atoms with van der Waals surface area (Å²) < 4.78 is 0. The van der Waals surface area contributed by atoms with Crippen LogP contribution in [0.4, 0.5) is 5.00 Å². The van der Waals surface area contributed by atoms with Crippen LogP contribution in [0.3, 0.4) is 0 Å². The summed E-state index contributed by atoms with van der Waals surface area (Å²) in [6.07, 6.45) is 2.92. The third kappa shape index (κ3) is 2.34. The molecule has 1 atom stereocenters. The molecule has 0 unspecified atom stereocenters. The first kappa shape index (κ1) is 12.1. The number of nitrogens with one attached hydrogen (secondary N) is 1. The van der Waals surface area contributed by atoms with Gasteiger partial charge in [0.25, 0.3) is 5.91 Å². The fraction of sp³-hybridized carbons (Fsp3) is 0.500. The van der Waals surface area contributed by atoms with E-state index < -0.39 is 5.91 Å². The quantitative estimate of drug-likeness (QED) is 0.844. The molecule has 3 N–H and O–H groups in total. The van der Waals surface area contributed by atoms with Crippen LogP contribution in [0.15, 0.2) is 0 Å². The Bertz CT molecular complexity index is 479. The Morgan fingerprint density at radius 2 is 2.18 bits per heavy atom. The fourth-order valence-electron chi connectivity index (χ4n) is 2.26. The molecule has 0 spiro atoms. The van der Waals surface area contributed by atoms with Gasteiger partial charge in [-0.2, -0.15) is 0 Å². The van der Waals surface area contributed by atoms with Crippen molar-refractivity contribution in [1.29, 1.82) is 0 Å². The summed E-state index contributed by atoms with van der Waals surface area (Å²) in [6.45, 7) is 3.64. The number of rotatable bonds is 2. The average molecular weight is 252 g/mol. The number of carbonyl (C=O) groups is 2. The Labute approximate surface area is 104 Å². The van der Waals surface area contributed by atoms with E-state index >= 15 is 0 Å². The first-order valence-electron chi connectivity index (χ1n) is 5.71. The van der Waals surface area contributed by atoms with E-state index in [4.69, 9.17) is 5.73 Å². The largest absolute Gasteiger partial charge is 0.365 e. The van der Waals surface area contributed by atoms with Gasteiger partial charge < -0.3 is 11.1 Å². The summed E-state index contributed by atoms with van der Waals surface area (Å²) >= 11 is 1.49. The summed E-state index contributed by atoms with van der Waals surface area (Å²) in [5.74, 6) is 0.0204. The van der Waals surface area contributed by atoms with Crippen molar-refractivity contribution >= 4 is 28.2 Å². The summed E-state index contributed by atoms with van der Waals surface area (Å²) in [4.78, 5) is 23.8. The number of nitrogens with two attached hydrogens (primary N) is 1. The second kappa shape index (κ2) is 4.49. The zero-order valence-electron chi connectivity index (χ0n) is 10.0. The smallest absolute Gasteiger partial charge is 0.251 e. The van der Waals surface area contributed by atoms with Crippen molar-refractivity contribution in [2.24, 2.45) is 11.7 Å². The minimum atomic E-state index is -0.444. The maximum absolute atomic E-state index is 11.5. The van der Waals surface area contributed by atoms with Crippen molar-refractivity contribution in [3.63, 3.8) is 0 Å². The SMILES string of the molecule is CC(=O)Nc1sc2c(c1C(N)=O)CC[C@@H](C)C2. The van der Waals surface area contributed by atoms with Crippen molar-refractivity contribution in [3.05, 3.63) is 16.0 Å². The minimum Gasteiger partial charge on any atom is -0.365 e. The maximum Gasteiger partial charge on any atom is 0.251 e. The molecule has 1 heterocycles. The summed E-state index contributed by atoms with van der Waals surface area (Å²) in [5, 5.41) is 3.32. The molecule has 4 nitrogen and oxygen atoms in total. The molecule has 0 aromatic carbocycles. The van der Waals surface area contributed by atoms with Crippen LogP contribution in [0.2, 0.25) is 0 Å². The monoisotopic (exact) mass is 252 g/mol. The summed E-state index contributed by atoms with van der Waals surface area (Å²) in [7, 11) is 0. The molecule has 1 aliphatic rings. The van der Waals surface area contributed by atoms with Gasteiger partial charge in [0.2, 0.25) is 5.91 Å². The summed E-state index contributed by atoms with van der Waals surface area (Å²) in [5.41, 5.74) is 6.98. The lowest BCUT2D eigenvalue weighted by molar-refractivity contribution is -0.114. The van der Waals surface area contributed by atoms with Gasteiger partial charge in [-0.3, -0.25) is 9.59 Å². The number of hydrogen-bond acceptors (Lipinski definition) is 3. The van der Waals surface area contributed by atoms with E-state index in [-0.39, 0.29) is 5.91 Å². The molecule has 1 aliphatic carbocycles. The highest BCUT2D eigenvalue weighted by Crippen LogP contribution is 2.39. The van der Waals surface area contributed by atoms with Crippen molar-refractivity contribution in [3.8, 4) is 0 Å². The Hall–Kier alpha value is -1.36. The highest BCUT2D eigenvalue weighted by atomic mass is 32.1. The van der Waals surface area contributed by atoms with Gasteiger partial charge in [-0.05, 0) is 30.7 Å². The molecule has 92 valence electrons. The van der Waals surface area contributed by atoms with E-state index in [2.05, 4.69) is 12.2 Å². The van der Waals surface area contributed by atoms with Crippen LogP contribution in [0.1, 0.15) is 41.1 Å². The molecular weight excluding hydrogens is 236 g/mol. The molecule has 2 rings (SSSR count). The first-order chi connectivity index (χ1) is 7.99. The van der Waals surface area contributed by atoms with Crippen LogP contribution in [-0.4, -0.2) is 11.8 Å². The van der Waals surface area contributed by atoms with E-state index in [1.807, 2.05) is 0 Å². The zero-order chi connectivity index (χ0) is 12.6. The predicted molar refractivity (Wildman–Crippen MR) is 68.3 cm³/mol. The maximum atomic E-state index is 11.5. The number of hydrogen-bond donors (Lipinski definition) is 2. The Kier molecular flexibility index (Phi) is 3.19. The van der Waals surface area contributed by atoms with Gasteiger partial charge in [-0.25, -0.2) is 0 Å². The van der Waals surface area contributed by atoms with Crippen LogP contribution >= 0.6 is 11.3 Å². The lowest BCUT2D eigenvalue weighted by atomic mass is 9.88. The lowest BCUT2D eigenvalue weighted by Crippen LogP contribution is -2.18. The summed E-state index contributed by atoms with van der Waals surface area (Å²) in [6, 6.07) is 0. The van der Waals surface area contributed by atoms with Crippen LogP contribution < -0.4 is 11.1 Å². The number of thiophene rings is 1.